The van der Waals surface area contributed by atoms with Crippen LogP contribution >= 0.6 is 7.37 Å². The van der Waals surface area contributed by atoms with E-state index >= 15 is 0 Å². The zero-order valence-electron chi connectivity index (χ0n) is 12.0. The van der Waals surface area contributed by atoms with Gasteiger partial charge in [-0.3, -0.25) is 4.57 Å². The molecule has 0 saturated heterocycles. The van der Waals surface area contributed by atoms with Crippen LogP contribution in [0.5, 0.6) is 0 Å². The Kier molecular flexibility index (Phi) is 7.49. The molecule has 0 aromatic heterocycles. The van der Waals surface area contributed by atoms with E-state index in [4.69, 9.17) is 9.63 Å². The molecule has 0 rings (SSSR count). The fourth-order valence-corrected chi connectivity index (χ4v) is 4.48. The molecule has 0 spiro atoms. The largest absolute Gasteiger partial charge is 0.478 e. The molecule has 0 fully saturated rings. The van der Waals surface area contributed by atoms with Crippen LogP contribution in [0, 0.1) is 11.8 Å². The summed E-state index contributed by atoms with van der Waals surface area (Å²) in [5.41, 5.74) is 0.197. The minimum atomic E-state index is -2.89. The second-order valence-corrected chi connectivity index (χ2v) is 7.78. The summed E-state index contributed by atoms with van der Waals surface area (Å²) < 4.78 is 17.9. The van der Waals surface area contributed by atoms with Crippen molar-refractivity contribution in [1.29, 1.82) is 0 Å². The molecule has 0 heterocycles. The number of hydrogen-bond donors (Lipinski definition) is 1. The second kappa shape index (κ2) is 7.75. The van der Waals surface area contributed by atoms with Crippen LogP contribution in [0.2, 0.25) is 0 Å². The molecule has 0 amide bonds. The number of hydrogen-bond acceptors (Lipinski definition) is 3. The van der Waals surface area contributed by atoms with E-state index in [1.54, 1.807) is 13.0 Å². The number of carboxylic acid groups (broad SMARTS) is 1. The summed E-state index contributed by atoms with van der Waals surface area (Å²) in [6.45, 7) is 9.84. The third kappa shape index (κ3) is 6.97. The Hall–Kier alpha value is -0.600. The van der Waals surface area contributed by atoms with Gasteiger partial charge in [0, 0.05) is 11.7 Å². The fourth-order valence-electron chi connectivity index (χ4n) is 1.81. The molecule has 0 aromatic rings. The van der Waals surface area contributed by atoms with Gasteiger partial charge in [-0.15, -0.1) is 0 Å². The first-order chi connectivity index (χ1) is 8.20. The van der Waals surface area contributed by atoms with Gasteiger partial charge >= 0.3 is 5.97 Å². The minimum Gasteiger partial charge on any atom is -0.478 e. The molecule has 0 aliphatic rings. The summed E-state index contributed by atoms with van der Waals surface area (Å²) in [4.78, 5) is 11.2. The van der Waals surface area contributed by atoms with E-state index < -0.39 is 13.3 Å². The Morgan fingerprint density at radius 3 is 2.22 bits per heavy atom. The molecule has 0 aliphatic carbocycles. The van der Waals surface area contributed by atoms with Crippen molar-refractivity contribution in [2.24, 2.45) is 11.8 Å². The monoisotopic (exact) mass is 276 g/mol. The summed E-state index contributed by atoms with van der Waals surface area (Å²) in [6, 6.07) is 0. The lowest BCUT2D eigenvalue weighted by atomic mass is 10.1. The van der Waals surface area contributed by atoms with Crippen LogP contribution in [-0.4, -0.2) is 30.0 Å². The summed E-state index contributed by atoms with van der Waals surface area (Å²) in [5, 5.41) is 9.14. The molecule has 106 valence electrons. The van der Waals surface area contributed by atoms with E-state index in [1.807, 2.05) is 27.7 Å². The number of allylic oxidation sites excluding steroid dienone is 1. The molecule has 1 atom stereocenters. The number of carboxylic acids is 1. The van der Waals surface area contributed by atoms with Gasteiger partial charge in [0.25, 0.3) is 0 Å². The van der Waals surface area contributed by atoms with Gasteiger partial charge in [0.15, 0.2) is 0 Å². The zero-order chi connectivity index (χ0) is 14.3. The van der Waals surface area contributed by atoms with Crippen LogP contribution in [-0.2, 0) is 13.9 Å². The Morgan fingerprint density at radius 2 is 1.89 bits per heavy atom. The van der Waals surface area contributed by atoms with Gasteiger partial charge in [0.05, 0.1) is 12.8 Å². The lowest BCUT2D eigenvalue weighted by molar-refractivity contribution is -0.132. The van der Waals surface area contributed by atoms with E-state index in [9.17, 15) is 9.36 Å². The highest BCUT2D eigenvalue weighted by atomic mass is 31.2. The molecule has 0 radical (unpaired) electrons. The molecular weight excluding hydrogens is 251 g/mol. The lowest BCUT2D eigenvalue weighted by Gasteiger charge is -2.20. The van der Waals surface area contributed by atoms with Crippen molar-refractivity contribution in [3.63, 3.8) is 0 Å². The highest BCUT2D eigenvalue weighted by Crippen LogP contribution is 2.50. The normalized spacial score (nSPS) is 16.1. The molecular formula is C13H25O4P. The maximum Gasteiger partial charge on any atom is 0.331 e. The molecule has 1 unspecified atom stereocenters. The summed E-state index contributed by atoms with van der Waals surface area (Å²) in [6.07, 6.45) is 2.09. The van der Waals surface area contributed by atoms with Crippen molar-refractivity contribution in [2.75, 3.05) is 18.9 Å². The summed E-state index contributed by atoms with van der Waals surface area (Å²) in [5.74, 6) is -0.672. The molecule has 0 saturated carbocycles. The number of aliphatic carboxylic acids is 1. The molecule has 0 bridgehead atoms. The van der Waals surface area contributed by atoms with Crippen LogP contribution in [0.3, 0.4) is 0 Å². The van der Waals surface area contributed by atoms with Gasteiger partial charge in [-0.05, 0) is 18.8 Å². The van der Waals surface area contributed by atoms with Crippen LogP contribution < -0.4 is 0 Å². The van der Waals surface area contributed by atoms with E-state index in [-0.39, 0.29) is 23.6 Å². The van der Waals surface area contributed by atoms with Gasteiger partial charge in [0.1, 0.15) is 0 Å². The van der Waals surface area contributed by atoms with Gasteiger partial charge in [-0.2, -0.15) is 0 Å². The van der Waals surface area contributed by atoms with Crippen LogP contribution in [0.25, 0.3) is 0 Å². The van der Waals surface area contributed by atoms with Crippen molar-refractivity contribution >= 4 is 13.3 Å². The Balaban J connectivity index is 5.04. The summed E-state index contributed by atoms with van der Waals surface area (Å²) in [7, 11) is -2.89. The average Bonchev–Trinajstić information content (AvgIpc) is 2.14. The van der Waals surface area contributed by atoms with Crippen molar-refractivity contribution < 1.29 is 19.0 Å². The molecule has 18 heavy (non-hydrogen) atoms. The van der Waals surface area contributed by atoms with E-state index in [1.165, 1.54) is 0 Å². The Bertz CT molecular complexity index is 345. The SMILES string of the molecule is CCOP(=O)(CC(=CC(C)C)C(=O)O)CC(C)C. The first kappa shape index (κ1) is 17.4. The third-order valence-electron chi connectivity index (χ3n) is 2.23. The van der Waals surface area contributed by atoms with Crippen molar-refractivity contribution in [3.05, 3.63) is 11.6 Å². The average molecular weight is 276 g/mol. The van der Waals surface area contributed by atoms with Gasteiger partial charge < -0.3 is 9.63 Å². The van der Waals surface area contributed by atoms with Gasteiger partial charge in [0.2, 0.25) is 7.37 Å². The van der Waals surface area contributed by atoms with Crippen molar-refractivity contribution in [1.82, 2.24) is 0 Å². The van der Waals surface area contributed by atoms with E-state index in [0.29, 0.717) is 12.8 Å². The quantitative estimate of drug-likeness (QED) is 0.543. The topological polar surface area (TPSA) is 63.6 Å². The Morgan fingerprint density at radius 1 is 1.33 bits per heavy atom. The summed E-state index contributed by atoms with van der Waals surface area (Å²) >= 11 is 0. The van der Waals surface area contributed by atoms with Crippen molar-refractivity contribution in [2.45, 2.75) is 34.6 Å². The van der Waals surface area contributed by atoms with Crippen LogP contribution in [0.1, 0.15) is 34.6 Å². The van der Waals surface area contributed by atoms with Gasteiger partial charge in [-0.25, -0.2) is 4.79 Å². The molecule has 5 heteroatoms. The first-order valence-electron chi connectivity index (χ1n) is 6.36. The fraction of sp³-hybridized carbons (Fsp3) is 0.769. The molecule has 0 aliphatic heterocycles. The van der Waals surface area contributed by atoms with E-state index in [0.717, 1.165) is 0 Å². The highest BCUT2D eigenvalue weighted by Gasteiger charge is 2.28. The standard InChI is InChI=1S/C13H25O4P/c1-6-17-18(16,8-11(4)5)9-12(13(14)15)7-10(2)3/h7,10-11H,6,8-9H2,1-5H3,(H,14,15). The van der Waals surface area contributed by atoms with Crippen molar-refractivity contribution in [3.8, 4) is 0 Å². The smallest absolute Gasteiger partial charge is 0.331 e. The maximum absolute atomic E-state index is 12.6. The maximum atomic E-state index is 12.6. The lowest BCUT2D eigenvalue weighted by Crippen LogP contribution is -2.12. The van der Waals surface area contributed by atoms with Crippen LogP contribution in [0.4, 0.5) is 0 Å². The first-order valence-corrected chi connectivity index (χ1v) is 8.36. The van der Waals surface area contributed by atoms with Crippen LogP contribution in [0.15, 0.2) is 11.6 Å². The minimum absolute atomic E-state index is 0.0204. The predicted molar refractivity (Wildman–Crippen MR) is 74.4 cm³/mol. The second-order valence-electron chi connectivity index (χ2n) is 5.21. The molecule has 0 aromatic carbocycles. The third-order valence-corrected chi connectivity index (χ3v) is 5.07. The molecule has 1 N–H and O–H groups in total. The number of rotatable bonds is 8. The predicted octanol–water partition coefficient (Wildman–Crippen LogP) is 3.62. The Labute approximate surface area is 110 Å². The molecule has 4 nitrogen and oxygen atoms in total. The van der Waals surface area contributed by atoms with E-state index in [2.05, 4.69) is 0 Å². The number of carbonyl (C=O) groups is 1. The highest BCUT2D eigenvalue weighted by molar-refractivity contribution is 7.59. The van der Waals surface area contributed by atoms with Gasteiger partial charge in [-0.1, -0.05) is 33.8 Å². The zero-order valence-corrected chi connectivity index (χ0v) is 12.9.